The maximum absolute atomic E-state index is 12.2. The van der Waals surface area contributed by atoms with Crippen molar-refractivity contribution in [3.05, 3.63) is 12.2 Å². The summed E-state index contributed by atoms with van der Waals surface area (Å²) < 4.78 is 6.09. The molecule has 0 amide bonds. The average molecular weight is 276 g/mol. The number of carbonyl (C=O) groups is 1. The normalized spacial score (nSPS) is 28.1. The largest absolute Gasteiger partial charge is 0.458 e. The first-order valence-corrected chi connectivity index (χ1v) is 8.45. The molecular weight excluding hydrogens is 248 g/mol. The molecule has 2 spiro atoms. The van der Waals surface area contributed by atoms with E-state index in [1.165, 1.54) is 70.6 Å². The van der Waals surface area contributed by atoms with E-state index in [1.807, 2.05) is 0 Å². The van der Waals surface area contributed by atoms with Crippen LogP contribution in [0.1, 0.15) is 77.6 Å². The highest BCUT2D eigenvalue weighted by Crippen LogP contribution is 2.61. The molecule has 0 aromatic heterocycles. The van der Waals surface area contributed by atoms with Gasteiger partial charge in [0.05, 0.1) is 0 Å². The molecule has 3 rings (SSSR count). The van der Waals surface area contributed by atoms with Crippen LogP contribution >= 0.6 is 0 Å². The van der Waals surface area contributed by atoms with Gasteiger partial charge in [-0.15, -0.1) is 0 Å². The first kappa shape index (κ1) is 14.2. The third kappa shape index (κ3) is 2.21. The van der Waals surface area contributed by atoms with E-state index in [-0.39, 0.29) is 12.1 Å². The molecule has 0 heterocycles. The molecule has 0 unspecified atom stereocenters. The van der Waals surface area contributed by atoms with Gasteiger partial charge in [0, 0.05) is 16.4 Å². The van der Waals surface area contributed by atoms with Crippen molar-refractivity contribution in [2.24, 2.45) is 10.8 Å². The zero-order chi connectivity index (χ0) is 14.2. The third-order valence-corrected chi connectivity index (χ3v) is 6.23. The SMILES string of the molecule is C=C(C)C(=O)OC1C2(CCCC2)CCCC12CCCC2. The minimum atomic E-state index is -0.158. The summed E-state index contributed by atoms with van der Waals surface area (Å²) in [7, 11) is 0. The van der Waals surface area contributed by atoms with Gasteiger partial charge in [-0.05, 0) is 45.4 Å². The molecule has 0 aromatic rings. The number of ether oxygens (including phenoxy) is 1. The molecule has 0 aliphatic heterocycles. The summed E-state index contributed by atoms with van der Waals surface area (Å²) in [6, 6.07) is 0. The van der Waals surface area contributed by atoms with Gasteiger partial charge >= 0.3 is 5.97 Å². The maximum Gasteiger partial charge on any atom is 0.333 e. The van der Waals surface area contributed by atoms with Gasteiger partial charge in [-0.1, -0.05) is 38.7 Å². The summed E-state index contributed by atoms with van der Waals surface area (Å²) in [6.07, 6.45) is 14.4. The van der Waals surface area contributed by atoms with E-state index in [0.29, 0.717) is 16.4 Å². The number of carbonyl (C=O) groups excluding carboxylic acids is 1. The molecule has 0 bridgehead atoms. The van der Waals surface area contributed by atoms with Crippen molar-refractivity contribution >= 4 is 5.97 Å². The zero-order valence-electron chi connectivity index (χ0n) is 12.9. The second-order valence-corrected chi connectivity index (χ2v) is 7.56. The summed E-state index contributed by atoms with van der Waals surface area (Å²) in [4.78, 5) is 12.2. The van der Waals surface area contributed by atoms with Gasteiger partial charge in [0.25, 0.3) is 0 Å². The maximum atomic E-state index is 12.2. The Morgan fingerprint density at radius 2 is 1.30 bits per heavy atom. The van der Waals surface area contributed by atoms with E-state index >= 15 is 0 Å². The van der Waals surface area contributed by atoms with Gasteiger partial charge in [0.2, 0.25) is 0 Å². The first-order chi connectivity index (χ1) is 9.58. The number of hydrogen-bond donors (Lipinski definition) is 0. The van der Waals surface area contributed by atoms with Crippen molar-refractivity contribution in [1.29, 1.82) is 0 Å². The Morgan fingerprint density at radius 3 is 1.70 bits per heavy atom. The molecule has 3 saturated carbocycles. The van der Waals surface area contributed by atoms with Crippen LogP contribution in [0.3, 0.4) is 0 Å². The minimum Gasteiger partial charge on any atom is -0.458 e. The molecular formula is C18H28O2. The molecule has 0 saturated heterocycles. The van der Waals surface area contributed by atoms with E-state index < -0.39 is 0 Å². The Bertz CT molecular complexity index is 374. The average Bonchev–Trinajstić information content (AvgIpc) is 3.05. The van der Waals surface area contributed by atoms with E-state index in [1.54, 1.807) is 6.92 Å². The predicted octanol–water partition coefficient (Wildman–Crippen LogP) is 4.78. The number of esters is 1. The minimum absolute atomic E-state index is 0.158. The zero-order valence-corrected chi connectivity index (χ0v) is 12.9. The fourth-order valence-corrected chi connectivity index (χ4v) is 5.34. The highest BCUT2D eigenvalue weighted by Gasteiger charge is 2.57. The number of rotatable bonds is 2. The van der Waals surface area contributed by atoms with Crippen molar-refractivity contribution in [1.82, 2.24) is 0 Å². The lowest BCUT2D eigenvalue weighted by molar-refractivity contribution is -0.174. The van der Waals surface area contributed by atoms with Crippen molar-refractivity contribution in [3.63, 3.8) is 0 Å². The fraction of sp³-hybridized carbons (Fsp3) is 0.833. The van der Waals surface area contributed by atoms with Crippen LogP contribution in [0.2, 0.25) is 0 Å². The Labute approximate surface area is 123 Å². The van der Waals surface area contributed by atoms with Crippen LogP contribution in [0.15, 0.2) is 12.2 Å². The molecule has 20 heavy (non-hydrogen) atoms. The number of hydrogen-bond acceptors (Lipinski definition) is 2. The van der Waals surface area contributed by atoms with Crippen LogP contribution < -0.4 is 0 Å². The summed E-state index contributed by atoms with van der Waals surface area (Å²) >= 11 is 0. The molecule has 3 fully saturated rings. The van der Waals surface area contributed by atoms with Crippen LogP contribution in [-0.2, 0) is 9.53 Å². The lowest BCUT2D eigenvalue weighted by Crippen LogP contribution is -2.51. The lowest BCUT2D eigenvalue weighted by atomic mass is 9.58. The van der Waals surface area contributed by atoms with Crippen LogP contribution in [0, 0.1) is 10.8 Å². The van der Waals surface area contributed by atoms with Crippen LogP contribution in [0.25, 0.3) is 0 Å². The Hall–Kier alpha value is -0.790. The monoisotopic (exact) mass is 276 g/mol. The molecule has 3 aliphatic carbocycles. The second kappa shape index (κ2) is 5.20. The summed E-state index contributed by atoms with van der Waals surface area (Å²) in [5.41, 5.74) is 1.15. The molecule has 112 valence electrons. The molecule has 0 atom stereocenters. The van der Waals surface area contributed by atoms with Crippen LogP contribution in [0.4, 0.5) is 0 Å². The Balaban J connectivity index is 1.90. The van der Waals surface area contributed by atoms with E-state index in [9.17, 15) is 4.79 Å². The van der Waals surface area contributed by atoms with E-state index in [4.69, 9.17) is 4.74 Å². The molecule has 2 nitrogen and oxygen atoms in total. The van der Waals surface area contributed by atoms with Crippen molar-refractivity contribution in [3.8, 4) is 0 Å². The second-order valence-electron chi connectivity index (χ2n) is 7.56. The molecule has 0 radical (unpaired) electrons. The molecule has 2 heteroatoms. The topological polar surface area (TPSA) is 26.3 Å². The van der Waals surface area contributed by atoms with Gasteiger partial charge < -0.3 is 4.74 Å². The van der Waals surface area contributed by atoms with Crippen LogP contribution in [0.5, 0.6) is 0 Å². The molecule has 3 aliphatic rings. The van der Waals surface area contributed by atoms with E-state index in [0.717, 1.165) is 0 Å². The standard InChI is InChI=1S/C18H28O2/c1-14(2)15(19)20-16-17(8-3-4-9-17)12-7-13-18(16)10-5-6-11-18/h16H,1,3-13H2,2H3. The Morgan fingerprint density at radius 1 is 0.900 bits per heavy atom. The van der Waals surface area contributed by atoms with Gasteiger partial charge in [-0.2, -0.15) is 0 Å². The van der Waals surface area contributed by atoms with Gasteiger partial charge in [0.1, 0.15) is 6.10 Å². The molecule has 0 aromatic carbocycles. The van der Waals surface area contributed by atoms with Crippen LogP contribution in [-0.4, -0.2) is 12.1 Å². The third-order valence-electron chi connectivity index (χ3n) is 6.23. The van der Waals surface area contributed by atoms with E-state index in [2.05, 4.69) is 6.58 Å². The molecule has 0 N–H and O–H groups in total. The van der Waals surface area contributed by atoms with Gasteiger partial charge in [-0.25, -0.2) is 4.79 Å². The van der Waals surface area contributed by atoms with Gasteiger partial charge in [-0.3, -0.25) is 0 Å². The lowest BCUT2D eigenvalue weighted by Gasteiger charge is -2.51. The van der Waals surface area contributed by atoms with Crippen molar-refractivity contribution in [2.45, 2.75) is 83.7 Å². The summed E-state index contributed by atoms with van der Waals surface area (Å²) in [6.45, 7) is 5.55. The highest BCUT2D eigenvalue weighted by molar-refractivity contribution is 5.87. The first-order valence-electron chi connectivity index (χ1n) is 8.45. The highest BCUT2D eigenvalue weighted by atomic mass is 16.5. The van der Waals surface area contributed by atoms with Crippen molar-refractivity contribution < 1.29 is 9.53 Å². The fourth-order valence-electron chi connectivity index (χ4n) is 5.34. The van der Waals surface area contributed by atoms with Crippen molar-refractivity contribution in [2.75, 3.05) is 0 Å². The Kier molecular flexibility index (Phi) is 3.68. The quantitative estimate of drug-likeness (QED) is 0.536. The summed E-state index contributed by atoms with van der Waals surface area (Å²) in [5.74, 6) is -0.158. The summed E-state index contributed by atoms with van der Waals surface area (Å²) in [5, 5.41) is 0. The predicted molar refractivity (Wildman–Crippen MR) is 80.3 cm³/mol. The smallest absolute Gasteiger partial charge is 0.333 e. The van der Waals surface area contributed by atoms with Gasteiger partial charge in [0.15, 0.2) is 0 Å².